The molecule has 2 aromatic heterocycles. The molecule has 0 spiro atoms. The number of benzene rings is 1. The first-order valence-corrected chi connectivity index (χ1v) is 9.21. The second-order valence-corrected chi connectivity index (χ2v) is 6.76. The van der Waals surface area contributed by atoms with Gasteiger partial charge in [0.25, 0.3) is 5.91 Å². The van der Waals surface area contributed by atoms with Crippen LogP contribution in [0.4, 0.5) is 0 Å². The third kappa shape index (κ3) is 3.78. The summed E-state index contributed by atoms with van der Waals surface area (Å²) >= 11 is 0. The number of hydrogen-bond acceptors (Lipinski definition) is 4. The number of aromatic amines is 1. The Morgan fingerprint density at radius 3 is 2.93 bits per heavy atom. The maximum atomic E-state index is 13.1. The Balaban J connectivity index is 1.52. The first-order valence-electron chi connectivity index (χ1n) is 9.21. The van der Waals surface area contributed by atoms with E-state index in [-0.39, 0.29) is 12.0 Å². The molecule has 4 rings (SSSR count). The van der Waals surface area contributed by atoms with E-state index in [0.29, 0.717) is 31.9 Å². The monoisotopic (exact) mass is 365 g/mol. The van der Waals surface area contributed by atoms with Gasteiger partial charge in [0.15, 0.2) is 0 Å². The quantitative estimate of drug-likeness (QED) is 0.771. The third-order valence-electron chi connectivity index (χ3n) is 4.86. The van der Waals surface area contributed by atoms with Gasteiger partial charge in [-0.25, -0.2) is 0 Å². The van der Waals surface area contributed by atoms with E-state index in [1.807, 2.05) is 59.1 Å². The molecule has 1 aliphatic heterocycles. The molecule has 0 bridgehead atoms. The fourth-order valence-corrected chi connectivity index (χ4v) is 3.45. The highest BCUT2D eigenvalue weighted by atomic mass is 16.5. The van der Waals surface area contributed by atoms with Gasteiger partial charge in [-0.15, -0.1) is 0 Å². The number of nitrogens with one attached hydrogen (secondary N) is 1. The summed E-state index contributed by atoms with van der Waals surface area (Å²) in [7, 11) is 0. The van der Waals surface area contributed by atoms with Crippen LogP contribution in [0, 0.1) is 6.92 Å². The summed E-state index contributed by atoms with van der Waals surface area (Å²) in [5.41, 5.74) is 3.24. The van der Waals surface area contributed by atoms with Crippen LogP contribution in [0.15, 0.2) is 48.8 Å². The second kappa shape index (κ2) is 7.75. The van der Waals surface area contributed by atoms with Crippen molar-refractivity contribution >= 4 is 5.91 Å². The van der Waals surface area contributed by atoms with Crippen LogP contribution in [0.5, 0.6) is 0 Å². The van der Waals surface area contributed by atoms with Crippen LogP contribution in [0.2, 0.25) is 0 Å². The highest BCUT2D eigenvalue weighted by Crippen LogP contribution is 2.24. The van der Waals surface area contributed by atoms with Crippen LogP contribution in [0.3, 0.4) is 0 Å². The molecule has 3 heterocycles. The molecule has 1 saturated heterocycles. The molecular formula is C20H23N5O2. The van der Waals surface area contributed by atoms with Crippen LogP contribution in [-0.4, -0.2) is 56.6 Å². The standard InChI is InChI=1S/C20H23N5O2/c1-15-18(16-7-3-2-4-8-16)22-23-19(15)20(26)24-10-6-12-27-17(13-24)14-25-11-5-9-21-25/h2-5,7-9,11,17H,6,10,12-14H2,1H3,(H,22,23). The summed E-state index contributed by atoms with van der Waals surface area (Å²) < 4.78 is 7.76. The van der Waals surface area contributed by atoms with E-state index < -0.39 is 0 Å². The van der Waals surface area contributed by atoms with Crippen molar-refractivity contribution in [1.82, 2.24) is 24.9 Å². The second-order valence-electron chi connectivity index (χ2n) is 6.76. The molecule has 7 heteroatoms. The highest BCUT2D eigenvalue weighted by molar-refractivity contribution is 5.95. The van der Waals surface area contributed by atoms with E-state index in [2.05, 4.69) is 15.3 Å². The largest absolute Gasteiger partial charge is 0.374 e. The molecule has 7 nitrogen and oxygen atoms in total. The normalized spacial score (nSPS) is 17.7. The van der Waals surface area contributed by atoms with E-state index >= 15 is 0 Å². The van der Waals surface area contributed by atoms with Gasteiger partial charge in [-0.05, 0) is 19.4 Å². The van der Waals surface area contributed by atoms with Gasteiger partial charge < -0.3 is 9.64 Å². The number of H-pyrrole nitrogens is 1. The zero-order valence-corrected chi connectivity index (χ0v) is 15.3. The van der Waals surface area contributed by atoms with Gasteiger partial charge in [0.1, 0.15) is 5.69 Å². The van der Waals surface area contributed by atoms with Crippen molar-refractivity contribution in [2.45, 2.75) is 26.0 Å². The number of amides is 1. The zero-order chi connectivity index (χ0) is 18.6. The number of nitrogens with zero attached hydrogens (tertiary/aromatic N) is 4. The minimum Gasteiger partial charge on any atom is -0.374 e. The van der Waals surface area contributed by atoms with Gasteiger partial charge in [-0.2, -0.15) is 10.2 Å². The Kier molecular flexibility index (Phi) is 5.02. The van der Waals surface area contributed by atoms with Crippen LogP contribution in [0.25, 0.3) is 11.3 Å². The lowest BCUT2D eigenvalue weighted by Crippen LogP contribution is -2.39. The Morgan fingerprint density at radius 2 is 2.15 bits per heavy atom. The number of rotatable bonds is 4. The van der Waals surface area contributed by atoms with Gasteiger partial charge in [0.2, 0.25) is 0 Å². The van der Waals surface area contributed by atoms with Gasteiger partial charge in [-0.1, -0.05) is 30.3 Å². The molecule has 0 aliphatic carbocycles. The van der Waals surface area contributed by atoms with Gasteiger partial charge in [0, 0.05) is 43.2 Å². The first-order chi connectivity index (χ1) is 13.2. The molecule has 1 fully saturated rings. The van der Waals surface area contributed by atoms with Crippen molar-refractivity contribution in [3.63, 3.8) is 0 Å². The Morgan fingerprint density at radius 1 is 1.30 bits per heavy atom. The minimum absolute atomic E-state index is 0.0295. The number of ether oxygens (including phenoxy) is 1. The molecule has 140 valence electrons. The van der Waals surface area contributed by atoms with Crippen molar-refractivity contribution in [2.24, 2.45) is 0 Å². The summed E-state index contributed by atoms with van der Waals surface area (Å²) in [6, 6.07) is 11.8. The van der Waals surface area contributed by atoms with Gasteiger partial charge in [-0.3, -0.25) is 14.6 Å². The van der Waals surface area contributed by atoms with Crippen molar-refractivity contribution < 1.29 is 9.53 Å². The fraction of sp³-hybridized carbons (Fsp3) is 0.350. The Hall–Kier alpha value is -2.93. The summed E-state index contributed by atoms with van der Waals surface area (Å²) in [6.07, 6.45) is 4.40. The van der Waals surface area contributed by atoms with Crippen molar-refractivity contribution in [2.75, 3.05) is 19.7 Å². The molecule has 27 heavy (non-hydrogen) atoms. The maximum Gasteiger partial charge on any atom is 0.272 e. The smallest absolute Gasteiger partial charge is 0.272 e. The molecule has 1 aliphatic rings. The first kappa shape index (κ1) is 17.5. The Labute approximate surface area is 157 Å². The minimum atomic E-state index is -0.0758. The van der Waals surface area contributed by atoms with E-state index in [1.54, 1.807) is 6.20 Å². The van der Waals surface area contributed by atoms with Crippen LogP contribution < -0.4 is 0 Å². The van der Waals surface area contributed by atoms with Gasteiger partial charge in [0.05, 0.1) is 18.3 Å². The average molecular weight is 365 g/mol. The lowest BCUT2D eigenvalue weighted by atomic mass is 10.1. The number of carbonyl (C=O) groups excluding carboxylic acids is 1. The predicted molar refractivity (Wildman–Crippen MR) is 101 cm³/mol. The van der Waals surface area contributed by atoms with Crippen LogP contribution in [0.1, 0.15) is 22.5 Å². The third-order valence-corrected chi connectivity index (χ3v) is 4.86. The molecule has 1 unspecified atom stereocenters. The molecular weight excluding hydrogens is 342 g/mol. The molecule has 0 saturated carbocycles. The van der Waals surface area contributed by atoms with Crippen molar-refractivity contribution in [3.05, 3.63) is 60.0 Å². The topological polar surface area (TPSA) is 76.0 Å². The van der Waals surface area contributed by atoms with Crippen LogP contribution in [-0.2, 0) is 11.3 Å². The lowest BCUT2D eigenvalue weighted by molar-refractivity contribution is 0.0365. The molecule has 1 N–H and O–H groups in total. The molecule has 1 atom stereocenters. The molecule has 0 radical (unpaired) electrons. The molecule has 1 aromatic carbocycles. The summed E-state index contributed by atoms with van der Waals surface area (Å²) in [5.74, 6) is -0.0295. The summed E-state index contributed by atoms with van der Waals surface area (Å²) in [5, 5.41) is 11.6. The van der Waals surface area contributed by atoms with E-state index in [9.17, 15) is 4.79 Å². The van der Waals surface area contributed by atoms with E-state index in [0.717, 1.165) is 23.2 Å². The summed E-state index contributed by atoms with van der Waals surface area (Å²) in [4.78, 5) is 15.0. The molecule has 3 aromatic rings. The van der Waals surface area contributed by atoms with E-state index in [1.165, 1.54) is 0 Å². The Bertz CT molecular complexity index is 889. The average Bonchev–Trinajstić information content (AvgIpc) is 3.27. The zero-order valence-electron chi connectivity index (χ0n) is 15.3. The fourth-order valence-electron chi connectivity index (χ4n) is 3.45. The lowest BCUT2D eigenvalue weighted by Gasteiger charge is -2.23. The van der Waals surface area contributed by atoms with Gasteiger partial charge >= 0.3 is 0 Å². The number of aromatic nitrogens is 4. The number of hydrogen-bond donors (Lipinski definition) is 1. The number of carbonyl (C=O) groups is 1. The maximum absolute atomic E-state index is 13.1. The summed E-state index contributed by atoms with van der Waals surface area (Å²) in [6.45, 7) is 4.43. The molecule has 1 amide bonds. The van der Waals surface area contributed by atoms with Crippen LogP contribution >= 0.6 is 0 Å². The van der Waals surface area contributed by atoms with Crippen molar-refractivity contribution in [1.29, 1.82) is 0 Å². The predicted octanol–water partition coefficient (Wildman–Crippen LogP) is 2.51. The SMILES string of the molecule is Cc1c(-c2ccccc2)n[nH]c1C(=O)N1CCCOC(Cn2cccn2)C1. The van der Waals surface area contributed by atoms with Crippen molar-refractivity contribution in [3.8, 4) is 11.3 Å². The van der Waals surface area contributed by atoms with E-state index in [4.69, 9.17) is 4.74 Å². The highest BCUT2D eigenvalue weighted by Gasteiger charge is 2.27.